The Kier molecular flexibility index (Phi) is 5.46. The number of urea groups is 1. The van der Waals surface area contributed by atoms with Crippen LogP contribution in [0.5, 0.6) is 0 Å². The molecule has 0 aliphatic rings. The van der Waals surface area contributed by atoms with Crippen LogP contribution in [0.2, 0.25) is 0 Å². The molecule has 0 aromatic heterocycles. The molecule has 1 atom stereocenters. The number of hydrogen-bond donors (Lipinski definition) is 3. The number of carbonyl (C=O) groups excluding carboxylic acids is 2. The molecule has 0 aliphatic carbocycles. The van der Waals surface area contributed by atoms with Crippen LogP contribution in [-0.2, 0) is 4.79 Å². The second kappa shape index (κ2) is 6.88. The van der Waals surface area contributed by atoms with E-state index >= 15 is 0 Å². The second-order valence-corrected chi connectivity index (χ2v) is 5.16. The Morgan fingerprint density at radius 3 is 2.19 bits per heavy atom. The first kappa shape index (κ1) is 16.7. The first-order valence-electron chi connectivity index (χ1n) is 6.68. The highest BCUT2D eigenvalue weighted by atomic mass is 16.4. The Morgan fingerprint density at radius 2 is 1.76 bits per heavy atom. The zero-order chi connectivity index (χ0) is 16.0. The topological polar surface area (TPSA) is 95.5 Å². The number of carboxylic acids is 1. The molecule has 1 aromatic carbocycles. The summed E-state index contributed by atoms with van der Waals surface area (Å²) < 4.78 is 0. The molecule has 0 saturated heterocycles. The summed E-state index contributed by atoms with van der Waals surface area (Å²) in [5.74, 6) is -0.998. The molecule has 0 spiro atoms. The van der Waals surface area contributed by atoms with Gasteiger partial charge in [-0.1, -0.05) is 6.92 Å². The highest BCUT2D eigenvalue weighted by Gasteiger charge is 2.31. The number of benzene rings is 1. The first-order chi connectivity index (χ1) is 9.78. The minimum absolute atomic E-state index is 0.0379. The van der Waals surface area contributed by atoms with E-state index in [4.69, 9.17) is 5.11 Å². The summed E-state index contributed by atoms with van der Waals surface area (Å²) in [6.45, 7) is 4.84. The van der Waals surface area contributed by atoms with E-state index in [1.165, 1.54) is 6.92 Å². The standard InChI is InChI=1S/C15H20N2O4/c1-4-15(3,13(19)20)9-16-14(21)17-12-7-5-11(6-8-12)10(2)18/h5-8H,4,9H2,1-3H3,(H,19,20)(H2,16,17,21). The lowest BCUT2D eigenvalue weighted by atomic mass is 9.88. The summed E-state index contributed by atoms with van der Waals surface area (Å²) in [7, 11) is 0. The molecule has 6 nitrogen and oxygen atoms in total. The van der Waals surface area contributed by atoms with Crippen LogP contribution in [-0.4, -0.2) is 29.4 Å². The molecular weight excluding hydrogens is 272 g/mol. The number of aliphatic carboxylic acids is 1. The summed E-state index contributed by atoms with van der Waals surface area (Å²) in [4.78, 5) is 34.0. The number of amides is 2. The second-order valence-electron chi connectivity index (χ2n) is 5.16. The smallest absolute Gasteiger partial charge is 0.319 e. The van der Waals surface area contributed by atoms with Crippen LogP contribution in [0.15, 0.2) is 24.3 Å². The van der Waals surface area contributed by atoms with Gasteiger partial charge in [-0.15, -0.1) is 0 Å². The predicted molar refractivity (Wildman–Crippen MR) is 79.5 cm³/mol. The third-order valence-corrected chi connectivity index (χ3v) is 3.49. The van der Waals surface area contributed by atoms with E-state index < -0.39 is 17.4 Å². The molecule has 0 aliphatic heterocycles. The third-order valence-electron chi connectivity index (χ3n) is 3.49. The highest BCUT2D eigenvalue weighted by Crippen LogP contribution is 2.20. The maximum absolute atomic E-state index is 11.7. The minimum Gasteiger partial charge on any atom is -0.481 e. The highest BCUT2D eigenvalue weighted by molar-refractivity contribution is 5.95. The molecule has 0 fully saturated rings. The quantitative estimate of drug-likeness (QED) is 0.702. The van der Waals surface area contributed by atoms with Crippen LogP contribution in [0, 0.1) is 5.41 Å². The van der Waals surface area contributed by atoms with Crippen LogP contribution in [0.25, 0.3) is 0 Å². The van der Waals surface area contributed by atoms with Gasteiger partial charge < -0.3 is 15.7 Å². The number of nitrogens with one attached hydrogen (secondary N) is 2. The summed E-state index contributed by atoms with van der Waals surface area (Å²) >= 11 is 0. The van der Waals surface area contributed by atoms with Crippen molar-refractivity contribution in [1.82, 2.24) is 5.32 Å². The number of carboxylic acid groups (broad SMARTS) is 1. The van der Waals surface area contributed by atoms with Gasteiger partial charge in [-0.25, -0.2) is 4.79 Å². The van der Waals surface area contributed by atoms with E-state index in [0.717, 1.165) is 0 Å². The van der Waals surface area contributed by atoms with Crippen molar-refractivity contribution in [3.8, 4) is 0 Å². The molecule has 3 N–H and O–H groups in total. The lowest BCUT2D eigenvalue weighted by molar-refractivity contribution is -0.147. The summed E-state index contributed by atoms with van der Waals surface area (Å²) in [6.07, 6.45) is 0.413. The van der Waals surface area contributed by atoms with Gasteiger partial charge in [0.2, 0.25) is 0 Å². The molecule has 0 radical (unpaired) electrons. The number of ketones is 1. The molecule has 0 heterocycles. The van der Waals surface area contributed by atoms with E-state index in [0.29, 0.717) is 17.7 Å². The fourth-order valence-corrected chi connectivity index (χ4v) is 1.59. The molecule has 2 amide bonds. The number of anilines is 1. The third kappa shape index (κ3) is 4.59. The average Bonchev–Trinajstić information content (AvgIpc) is 2.45. The zero-order valence-electron chi connectivity index (χ0n) is 12.4. The van der Waals surface area contributed by atoms with Crippen molar-refractivity contribution in [3.05, 3.63) is 29.8 Å². The molecule has 1 aromatic rings. The Balaban J connectivity index is 2.58. The Bertz CT molecular complexity index is 539. The van der Waals surface area contributed by atoms with Crippen molar-refractivity contribution in [3.63, 3.8) is 0 Å². The van der Waals surface area contributed by atoms with Crippen LogP contribution >= 0.6 is 0 Å². The Hall–Kier alpha value is -2.37. The Morgan fingerprint density at radius 1 is 1.19 bits per heavy atom. The van der Waals surface area contributed by atoms with Gasteiger partial charge in [0.25, 0.3) is 0 Å². The van der Waals surface area contributed by atoms with E-state index in [-0.39, 0.29) is 12.3 Å². The van der Waals surface area contributed by atoms with Gasteiger partial charge in [0.1, 0.15) is 0 Å². The van der Waals surface area contributed by atoms with Gasteiger partial charge in [0.15, 0.2) is 5.78 Å². The first-order valence-corrected chi connectivity index (χ1v) is 6.68. The largest absolute Gasteiger partial charge is 0.481 e. The maximum atomic E-state index is 11.7. The van der Waals surface area contributed by atoms with Crippen molar-refractivity contribution in [2.75, 3.05) is 11.9 Å². The average molecular weight is 292 g/mol. The molecule has 1 unspecified atom stereocenters. The fraction of sp³-hybridized carbons (Fsp3) is 0.400. The number of rotatable bonds is 6. The van der Waals surface area contributed by atoms with Crippen molar-refractivity contribution in [1.29, 1.82) is 0 Å². The van der Waals surface area contributed by atoms with Gasteiger partial charge in [0.05, 0.1) is 5.41 Å². The normalized spacial score (nSPS) is 13.1. The SMILES string of the molecule is CCC(C)(CNC(=O)Nc1ccc(C(C)=O)cc1)C(=O)O. The van der Waals surface area contributed by atoms with Crippen LogP contribution in [0.1, 0.15) is 37.6 Å². The molecule has 0 bridgehead atoms. The number of hydrogen-bond acceptors (Lipinski definition) is 3. The monoisotopic (exact) mass is 292 g/mol. The summed E-state index contributed by atoms with van der Waals surface area (Å²) in [6, 6.07) is 5.99. The van der Waals surface area contributed by atoms with E-state index in [9.17, 15) is 14.4 Å². The minimum atomic E-state index is -0.990. The van der Waals surface area contributed by atoms with Crippen LogP contribution in [0.4, 0.5) is 10.5 Å². The van der Waals surface area contributed by atoms with Crippen molar-refractivity contribution in [2.45, 2.75) is 27.2 Å². The van der Waals surface area contributed by atoms with E-state index in [1.807, 2.05) is 0 Å². The van der Waals surface area contributed by atoms with Crippen LogP contribution < -0.4 is 10.6 Å². The molecule has 1 rings (SSSR count). The van der Waals surface area contributed by atoms with Gasteiger partial charge in [-0.2, -0.15) is 0 Å². The zero-order valence-corrected chi connectivity index (χ0v) is 12.4. The summed E-state index contributed by atoms with van der Waals surface area (Å²) in [5.41, 5.74) is 0.104. The number of Topliss-reactive ketones (excluding diaryl/α,β-unsaturated/α-hetero) is 1. The summed E-state index contributed by atoms with van der Waals surface area (Å²) in [5, 5.41) is 14.2. The van der Waals surface area contributed by atoms with Gasteiger partial charge in [-0.3, -0.25) is 9.59 Å². The lowest BCUT2D eigenvalue weighted by Crippen LogP contribution is -2.42. The number of carbonyl (C=O) groups is 3. The Labute approximate surface area is 123 Å². The molecule has 114 valence electrons. The van der Waals surface area contributed by atoms with Crippen molar-refractivity contribution < 1.29 is 19.5 Å². The van der Waals surface area contributed by atoms with Crippen molar-refractivity contribution >= 4 is 23.5 Å². The van der Waals surface area contributed by atoms with E-state index in [1.54, 1.807) is 38.1 Å². The molecule has 21 heavy (non-hydrogen) atoms. The van der Waals surface area contributed by atoms with Gasteiger partial charge in [-0.05, 0) is 44.5 Å². The van der Waals surface area contributed by atoms with Crippen LogP contribution in [0.3, 0.4) is 0 Å². The molecular formula is C15H20N2O4. The predicted octanol–water partition coefficient (Wildman–Crippen LogP) is 2.51. The van der Waals surface area contributed by atoms with Gasteiger partial charge in [0, 0.05) is 17.8 Å². The van der Waals surface area contributed by atoms with E-state index in [2.05, 4.69) is 10.6 Å². The maximum Gasteiger partial charge on any atom is 0.319 e. The molecule has 6 heteroatoms. The lowest BCUT2D eigenvalue weighted by Gasteiger charge is -2.23. The fourth-order valence-electron chi connectivity index (χ4n) is 1.59. The van der Waals surface area contributed by atoms with Gasteiger partial charge >= 0.3 is 12.0 Å². The van der Waals surface area contributed by atoms with Crippen molar-refractivity contribution in [2.24, 2.45) is 5.41 Å². The molecule has 0 saturated carbocycles.